The van der Waals surface area contributed by atoms with E-state index in [2.05, 4.69) is 87.5 Å². The number of alkyl halides is 2. The number of rotatable bonds is 52. The van der Waals surface area contributed by atoms with Gasteiger partial charge in [0.1, 0.15) is 0 Å². The first-order valence-electron chi connectivity index (χ1n) is 32.9. The molecule has 0 aromatic carbocycles. The summed E-state index contributed by atoms with van der Waals surface area (Å²) in [6.45, 7) is 34.2. The Morgan fingerprint density at radius 2 is 0.868 bits per heavy atom. The summed E-state index contributed by atoms with van der Waals surface area (Å²) in [5, 5.41) is 0. The second-order valence-corrected chi connectivity index (χ2v) is 28.6. The standard InChI is InChI=1S/C43H83O4.C13H27.C7H16N.C5H7I.Li.U/c1-5-9-13-28-34-40(32-11-7-3)38-46-42(44)36-30-26-24-22-20-18-16-15-17-19-21-23-25-27-31-37-43(45)47-39-41(33-12-8-4)35-29-14-10-6-2;1-4-6-7-8-9-10-11-12-13(3)5-2;1-4-7-8(5-2)6-3;1-2-4-5-3-6(4)5;;/h15,40-41H,5-14,16-39H2,1-4H3;13H,2,4-12H2,1,3H3;1,4-7H2,2-3H3;5H,1-3H2;;/q3*-1;-2;+1;+2/t;13-;;5-;;/m.1.1../s1. The van der Waals surface area contributed by atoms with Gasteiger partial charge in [-0.2, -0.15) is 25.7 Å². The molecule has 0 spiro atoms. The Morgan fingerprint density at radius 1 is 0.526 bits per heavy atom. The molecule has 2 rings (SSSR count). The summed E-state index contributed by atoms with van der Waals surface area (Å²) < 4.78 is 16.1. The van der Waals surface area contributed by atoms with Crippen molar-refractivity contribution in [2.75, 3.05) is 37.3 Å². The molecule has 5 nitrogen and oxygen atoms in total. The maximum absolute atomic E-state index is 12.2. The van der Waals surface area contributed by atoms with Crippen LogP contribution in [0.5, 0.6) is 0 Å². The molecule has 2 unspecified atom stereocenters. The van der Waals surface area contributed by atoms with E-state index >= 15 is 0 Å². The number of unbranched alkanes of at least 4 members (excludes halogenated alkanes) is 28. The smallest absolute Gasteiger partial charge is 0.343 e. The molecule has 4 atom stereocenters. The molecule has 2 aliphatic rings. The molecule has 0 saturated carbocycles. The average Bonchev–Trinajstić information content (AvgIpc) is 4.35. The molecule has 0 N–H and O–H groups in total. The van der Waals surface area contributed by atoms with E-state index in [4.69, 9.17) is 9.47 Å². The summed E-state index contributed by atoms with van der Waals surface area (Å²) in [7, 11) is 0. The Hall–Kier alpha value is 1.28. The first-order chi connectivity index (χ1) is 36.2. The predicted octanol–water partition coefficient (Wildman–Crippen LogP) is 19.3. The van der Waals surface area contributed by atoms with Crippen LogP contribution in [0, 0.1) is 80.0 Å². The van der Waals surface area contributed by atoms with E-state index in [1.807, 2.05) is 3.92 Å². The Balaban J connectivity index is -0.000000713. The van der Waals surface area contributed by atoms with Gasteiger partial charge >= 0.3 is 107 Å². The normalized spacial score (nSPS) is 14.8. The summed E-state index contributed by atoms with van der Waals surface area (Å²) >= 11 is -0.120. The Morgan fingerprint density at radius 3 is 1.18 bits per heavy atom. The third-order valence-electron chi connectivity index (χ3n) is 15.4. The van der Waals surface area contributed by atoms with Gasteiger partial charge in [-0.1, -0.05) is 254 Å². The van der Waals surface area contributed by atoms with Gasteiger partial charge in [-0.15, -0.1) is 0 Å². The molecule has 448 valence electrons. The Labute approximate surface area is 522 Å². The molecule has 2 heterocycles. The largest absolute Gasteiger partial charge is 2.00 e. The molecule has 0 aliphatic carbocycles. The number of hydrogen-bond donors (Lipinski definition) is 0. The van der Waals surface area contributed by atoms with E-state index in [0.29, 0.717) is 37.9 Å². The van der Waals surface area contributed by atoms with Crippen molar-refractivity contribution < 1.29 is 69.0 Å². The van der Waals surface area contributed by atoms with Gasteiger partial charge in [-0.3, -0.25) is 9.59 Å². The van der Waals surface area contributed by atoms with Gasteiger partial charge in [0.05, 0.1) is 13.2 Å². The number of ether oxygens (including phenoxy) is 2. The molecular weight excluding hydrogens is 1270 g/mol. The zero-order valence-electron chi connectivity index (χ0n) is 53.1. The Bertz CT molecular complexity index is 1070. The van der Waals surface area contributed by atoms with Crippen LogP contribution in [0.2, 0.25) is 0 Å². The minimum absolute atomic E-state index is 0. The van der Waals surface area contributed by atoms with E-state index < -0.39 is 0 Å². The van der Waals surface area contributed by atoms with Crippen molar-refractivity contribution in [3.63, 3.8) is 0 Å². The van der Waals surface area contributed by atoms with Crippen LogP contribution in [-0.4, -0.2) is 58.0 Å². The number of hydrogen-bond acceptors (Lipinski definition) is 5. The number of carbonyl (C=O) groups excluding carboxylic acids is 2. The molecule has 2 aliphatic heterocycles. The minimum atomic E-state index is -0.120. The molecule has 2 fully saturated rings. The third-order valence-corrected chi connectivity index (χ3v) is 21.5. The van der Waals surface area contributed by atoms with Crippen LogP contribution in [-0.2, 0) is 19.1 Å². The fraction of sp³-hybridized carbons (Fsp3) is 0.897. The first kappa shape index (κ1) is 83.7. The van der Waals surface area contributed by atoms with Crippen molar-refractivity contribution in [1.82, 2.24) is 4.90 Å². The molecule has 0 aromatic rings. The molecule has 0 amide bonds. The van der Waals surface area contributed by atoms with Gasteiger partial charge < -0.3 is 34.6 Å². The topological polar surface area (TPSA) is 55.8 Å². The number of esters is 2. The molecule has 0 radical (unpaired) electrons. The van der Waals surface area contributed by atoms with Gasteiger partial charge in [0, 0.05) is 12.8 Å². The van der Waals surface area contributed by atoms with E-state index in [9.17, 15) is 9.59 Å². The van der Waals surface area contributed by atoms with Crippen LogP contribution in [0.3, 0.4) is 0 Å². The molecule has 8 heteroatoms. The van der Waals surface area contributed by atoms with Crippen LogP contribution in [0.25, 0.3) is 0 Å². The zero-order valence-corrected chi connectivity index (χ0v) is 59.4. The fourth-order valence-corrected chi connectivity index (χ4v) is 15.7. The predicted molar refractivity (Wildman–Crippen MR) is 339 cm³/mol. The van der Waals surface area contributed by atoms with Crippen LogP contribution < -0.4 is 18.9 Å². The quantitative estimate of drug-likeness (QED) is 0.0152. The first-order valence-corrected chi connectivity index (χ1v) is 36.7. The third kappa shape index (κ3) is 59.9. The summed E-state index contributed by atoms with van der Waals surface area (Å²) in [5.74, 6) is 2.00. The fourth-order valence-electron chi connectivity index (χ4n) is 9.68. The van der Waals surface area contributed by atoms with Crippen LogP contribution in [0.1, 0.15) is 331 Å². The summed E-state index contributed by atoms with van der Waals surface area (Å²) in [5.41, 5.74) is 0. The van der Waals surface area contributed by atoms with Crippen LogP contribution >= 0.6 is 19.8 Å². The van der Waals surface area contributed by atoms with Crippen molar-refractivity contribution in [1.29, 1.82) is 0 Å². The maximum atomic E-state index is 12.2. The van der Waals surface area contributed by atoms with Crippen molar-refractivity contribution in [3.8, 4) is 0 Å². The summed E-state index contributed by atoms with van der Waals surface area (Å²) in [6, 6.07) is 0. The second kappa shape index (κ2) is 67.1. The van der Waals surface area contributed by atoms with E-state index in [-0.39, 0.29) is 81.7 Å². The zero-order chi connectivity index (χ0) is 55.0. The summed E-state index contributed by atoms with van der Waals surface area (Å²) in [6.07, 6.45) is 55.5. The molecule has 76 heavy (non-hydrogen) atoms. The van der Waals surface area contributed by atoms with Crippen LogP contribution in [0.4, 0.5) is 0 Å². The molecule has 0 aromatic heterocycles. The van der Waals surface area contributed by atoms with Crippen molar-refractivity contribution >= 4 is 31.8 Å². The summed E-state index contributed by atoms with van der Waals surface area (Å²) in [4.78, 5) is 26.8. The van der Waals surface area contributed by atoms with Gasteiger partial charge in [0.25, 0.3) is 0 Å². The number of carbonyl (C=O) groups is 2. The van der Waals surface area contributed by atoms with Gasteiger partial charge in [0.15, 0.2) is 0 Å². The van der Waals surface area contributed by atoms with Crippen molar-refractivity contribution in [3.05, 3.63) is 31.1 Å². The van der Waals surface area contributed by atoms with Gasteiger partial charge in [-0.05, 0) is 70.0 Å². The maximum Gasteiger partial charge on any atom is 2.00 e. The average molecular weight is 1400 g/mol. The second-order valence-electron chi connectivity index (χ2n) is 22.6. The number of halogens is 1. The molecular formula is C68H133ILiNO4U-2. The molecule has 0 bridgehead atoms. The van der Waals surface area contributed by atoms with Gasteiger partial charge in [0.2, 0.25) is 0 Å². The monoisotopic (exact) mass is 1400 g/mol. The van der Waals surface area contributed by atoms with E-state index in [1.165, 1.54) is 229 Å². The van der Waals surface area contributed by atoms with E-state index in [1.54, 1.807) is 4.43 Å². The van der Waals surface area contributed by atoms with Crippen LogP contribution in [0.15, 0.2) is 0 Å². The SMILES string of the molecule is CCCCCCC(CCCC)COC(=O)CCCCCCCC[CH-]CCCCCCCCC(=O)OCC(CCCC)CCCCCC.[CH2-]CCN(CC)CC.[CH2-]C[C-]1[C@H]2CI12.[CH2-]C[C@@H](C)CCCCCCCCC.[Li+].[U+2]. The molecule has 2 saturated heterocycles. The minimum Gasteiger partial charge on any atom is -0.343 e. The van der Waals surface area contributed by atoms with Crippen molar-refractivity contribution in [2.24, 2.45) is 17.8 Å². The number of nitrogens with zero attached hydrogens (tertiary/aromatic N) is 1. The number of fused-ring (bicyclic) bond motifs is 1. The van der Waals surface area contributed by atoms with E-state index in [0.717, 1.165) is 64.1 Å². The van der Waals surface area contributed by atoms with Crippen molar-refractivity contribution in [2.45, 2.75) is 335 Å². The van der Waals surface area contributed by atoms with Gasteiger partial charge in [-0.25, -0.2) is 0 Å². The Kier molecular flexibility index (Phi) is 73.9.